The van der Waals surface area contributed by atoms with E-state index >= 15 is 0 Å². The SMILES string of the molecule is COc1cc(N=Nc2c(S(=O)(=O)O)cc3cccc(NC(C)=O)c3c2O)c(OC)cc1N=Nc1ccc(S(=O)(=O)N(CCO)CCO)cc1. The third-order valence-electron chi connectivity index (χ3n) is 6.85. The Morgan fingerprint density at radius 2 is 1.41 bits per heavy atom. The van der Waals surface area contributed by atoms with Gasteiger partial charge in [0.25, 0.3) is 10.1 Å². The van der Waals surface area contributed by atoms with E-state index in [4.69, 9.17) is 9.47 Å². The van der Waals surface area contributed by atoms with Crippen molar-refractivity contribution in [2.45, 2.75) is 16.7 Å². The van der Waals surface area contributed by atoms with Crippen LogP contribution in [-0.4, -0.2) is 87.4 Å². The van der Waals surface area contributed by atoms with Gasteiger partial charge in [-0.05, 0) is 41.8 Å². The van der Waals surface area contributed by atoms with Gasteiger partial charge in [0, 0.05) is 37.5 Å². The molecule has 1 amide bonds. The molecule has 0 aliphatic heterocycles. The number of phenols is 1. The lowest BCUT2D eigenvalue weighted by Crippen LogP contribution is -2.35. The Hall–Kier alpha value is -5.05. The van der Waals surface area contributed by atoms with E-state index in [9.17, 15) is 41.5 Å². The first-order chi connectivity index (χ1) is 23.2. The lowest BCUT2D eigenvalue weighted by atomic mass is 10.1. The van der Waals surface area contributed by atoms with Crippen molar-refractivity contribution in [3.8, 4) is 17.2 Å². The van der Waals surface area contributed by atoms with E-state index in [1.165, 1.54) is 75.7 Å². The summed E-state index contributed by atoms with van der Waals surface area (Å²) in [5.74, 6) is -0.942. The maximum atomic E-state index is 12.9. The van der Waals surface area contributed by atoms with Crippen LogP contribution in [0.5, 0.6) is 17.2 Å². The molecule has 0 saturated heterocycles. The fourth-order valence-electron chi connectivity index (χ4n) is 4.63. The van der Waals surface area contributed by atoms with E-state index in [2.05, 4.69) is 25.8 Å². The summed E-state index contributed by atoms with van der Waals surface area (Å²) in [6.07, 6.45) is 0. The maximum Gasteiger partial charge on any atom is 0.296 e. The third kappa shape index (κ3) is 8.34. The van der Waals surface area contributed by atoms with E-state index in [0.29, 0.717) is 0 Å². The normalized spacial score (nSPS) is 12.3. The fourth-order valence-corrected chi connectivity index (χ4v) is 6.71. The average Bonchev–Trinajstić information content (AvgIpc) is 3.06. The number of amides is 1. The standard InChI is InChI=1S/C30H32N6O11S2/c1-18(39)31-22-6-4-5-19-15-27(49(43,44)45)29(30(40)28(19)22)35-34-24-17-25(46-2)23(16-26(24)47-3)33-32-20-7-9-21(10-8-20)48(41,42)36(11-13-37)12-14-38/h4-10,15-17,37-38,40H,11-14H2,1-3H3,(H,31,39)(H,43,44,45). The van der Waals surface area contributed by atoms with E-state index in [1.54, 1.807) is 0 Å². The minimum Gasteiger partial charge on any atom is -0.505 e. The molecular formula is C30H32N6O11S2. The second-order valence-corrected chi connectivity index (χ2v) is 13.4. The number of benzene rings is 4. The monoisotopic (exact) mass is 716 g/mol. The average molecular weight is 717 g/mol. The molecule has 4 aromatic rings. The van der Waals surface area contributed by atoms with Crippen LogP contribution in [-0.2, 0) is 24.9 Å². The largest absolute Gasteiger partial charge is 0.505 e. The number of anilines is 1. The number of fused-ring (bicyclic) bond motifs is 1. The van der Waals surface area contributed by atoms with Crippen LogP contribution in [0.3, 0.4) is 0 Å². The minimum absolute atomic E-state index is 0.000831. The van der Waals surface area contributed by atoms with Crippen LogP contribution < -0.4 is 14.8 Å². The summed E-state index contributed by atoms with van der Waals surface area (Å²) in [5, 5.41) is 48.6. The van der Waals surface area contributed by atoms with Gasteiger partial charge >= 0.3 is 0 Å². The fraction of sp³-hybridized carbons (Fsp3) is 0.233. The van der Waals surface area contributed by atoms with Crippen molar-refractivity contribution in [1.82, 2.24) is 4.31 Å². The second kappa shape index (κ2) is 15.4. The lowest BCUT2D eigenvalue weighted by Gasteiger charge is -2.20. The molecule has 4 aromatic carbocycles. The predicted octanol–water partition coefficient (Wildman–Crippen LogP) is 4.57. The highest BCUT2D eigenvalue weighted by atomic mass is 32.2. The number of nitrogens with zero attached hydrogens (tertiary/aromatic N) is 5. The summed E-state index contributed by atoms with van der Waals surface area (Å²) >= 11 is 0. The molecule has 17 nitrogen and oxygen atoms in total. The summed E-state index contributed by atoms with van der Waals surface area (Å²) in [4.78, 5) is 10.9. The Labute approximate surface area is 281 Å². The van der Waals surface area contributed by atoms with Gasteiger partial charge in [-0.3, -0.25) is 9.35 Å². The lowest BCUT2D eigenvalue weighted by molar-refractivity contribution is -0.114. The van der Waals surface area contributed by atoms with E-state index < -0.39 is 55.6 Å². The number of methoxy groups -OCH3 is 2. The number of aliphatic hydroxyl groups is 2. The smallest absolute Gasteiger partial charge is 0.296 e. The number of azo groups is 2. The number of carbonyl (C=O) groups excluding carboxylic acids is 1. The third-order valence-corrected chi connectivity index (χ3v) is 9.63. The van der Waals surface area contributed by atoms with Crippen LogP contribution in [0, 0.1) is 0 Å². The second-order valence-electron chi connectivity index (χ2n) is 10.1. The zero-order valence-electron chi connectivity index (χ0n) is 26.3. The van der Waals surface area contributed by atoms with Crippen LogP contribution in [0.15, 0.2) is 90.9 Å². The van der Waals surface area contributed by atoms with Gasteiger partial charge in [0.05, 0.1) is 43.7 Å². The van der Waals surface area contributed by atoms with Crippen molar-refractivity contribution in [3.05, 3.63) is 60.7 Å². The topological polar surface area (TPSA) is 249 Å². The number of aromatic hydroxyl groups is 1. The number of phenolic OH excluding ortho intramolecular Hbond substituents is 1. The molecule has 0 unspecified atom stereocenters. The number of ether oxygens (including phenoxy) is 2. The summed E-state index contributed by atoms with van der Waals surface area (Å²) in [7, 11) is -6.25. The molecule has 0 radical (unpaired) electrons. The van der Waals surface area contributed by atoms with Gasteiger partial charge in [-0.15, -0.1) is 15.3 Å². The molecule has 0 fully saturated rings. The first kappa shape index (κ1) is 36.8. The van der Waals surface area contributed by atoms with Crippen molar-refractivity contribution in [2.75, 3.05) is 45.8 Å². The predicted molar refractivity (Wildman–Crippen MR) is 177 cm³/mol. The van der Waals surface area contributed by atoms with Gasteiger partial charge in [-0.1, -0.05) is 12.1 Å². The van der Waals surface area contributed by atoms with Crippen LogP contribution in [0.25, 0.3) is 10.8 Å². The Morgan fingerprint density at radius 3 is 1.92 bits per heavy atom. The number of rotatable bonds is 14. The quantitative estimate of drug-likeness (QED) is 0.0892. The summed E-state index contributed by atoms with van der Waals surface area (Å²) in [6, 6.07) is 13.7. The van der Waals surface area contributed by atoms with Gasteiger partial charge in [-0.25, -0.2) is 8.42 Å². The van der Waals surface area contributed by atoms with Crippen molar-refractivity contribution >= 4 is 65.3 Å². The molecule has 260 valence electrons. The molecule has 4 rings (SSSR count). The van der Waals surface area contributed by atoms with E-state index in [-0.39, 0.29) is 63.0 Å². The molecule has 0 aromatic heterocycles. The molecule has 0 aliphatic carbocycles. The summed E-state index contributed by atoms with van der Waals surface area (Å²) in [6.45, 7) is 0.0352. The van der Waals surface area contributed by atoms with Crippen LogP contribution in [0.1, 0.15) is 6.92 Å². The summed E-state index contributed by atoms with van der Waals surface area (Å²) < 4.78 is 72.0. The van der Waals surface area contributed by atoms with Gasteiger partial charge in [0.1, 0.15) is 33.5 Å². The Balaban J connectivity index is 1.72. The molecular weight excluding hydrogens is 684 g/mol. The number of carbonyl (C=O) groups is 1. The molecule has 5 N–H and O–H groups in total. The molecule has 0 aliphatic rings. The number of hydrogen-bond donors (Lipinski definition) is 5. The first-order valence-corrected chi connectivity index (χ1v) is 17.1. The van der Waals surface area contributed by atoms with Crippen molar-refractivity contribution in [3.63, 3.8) is 0 Å². The molecule has 19 heteroatoms. The highest BCUT2D eigenvalue weighted by Gasteiger charge is 2.25. The van der Waals surface area contributed by atoms with Gasteiger partial charge in [0.15, 0.2) is 5.75 Å². The number of sulfonamides is 1. The minimum atomic E-state index is -4.92. The zero-order chi connectivity index (χ0) is 35.9. The van der Waals surface area contributed by atoms with Gasteiger partial charge < -0.3 is 30.1 Å². The van der Waals surface area contributed by atoms with Gasteiger partial charge in [0.2, 0.25) is 15.9 Å². The molecule has 0 bridgehead atoms. The molecule has 0 saturated carbocycles. The van der Waals surface area contributed by atoms with Crippen molar-refractivity contribution in [2.24, 2.45) is 20.5 Å². The van der Waals surface area contributed by atoms with Crippen LogP contribution in [0.2, 0.25) is 0 Å². The maximum absolute atomic E-state index is 12.9. The molecule has 49 heavy (non-hydrogen) atoms. The highest BCUT2D eigenvalue weighted by molar-refractivity contribution is 7.89. The Morgan fingerprint density at radius 1 is 0.837 bits per heavy atom. The van der Waals surface area contributed by atoms with Crippen LogP contribution in [0.4, 0.5) is 28.4 Å². The van der Waals surface area contributed by atoms with Gasteiger partial charge in [-0.2, -0.15) is 17.8 Å². The summed E-state index contributed by atoms with van der Waals surface area (Å²) in [5.41, 5.74) is -0.0311. The molecule has 0 heterocycles. The van der Waals surface area contributed by atoms with Crippen LogP contribution >= 0.6 is 0 Å². The van der Waals surface area contributed by atoms with Crippen molar-refractivity contribution < 1.29 is 51.0 Å². The Kier molecular flexibility index (Phi) is 11.6. The molecule has 0 spiro atoms. The first-order valence-electron chi connectivity index (χ1n) is 14.2. The number of hydrogen-bond acceptors (Lipinski definition) is 14. The van der Waals surface area contributed by atoms with Crippen molar-refractivity contribution in [1.29, 1.82) is 0 Å². The zero-order valence-corrected chi connectivity index (χ0v) is 27.9. The number of aliphatic hydroxyl groups excluding tert-OH is 2. The van der Waals surface area contributed by atoms with E-state index in [1.807, 2.05) is 0 Å². The molecule has 0 atom stereocenters. The Bertz CT molecular complexity index is 2130. The number of nitrogens with one attached hydrogen (secondary N) is 1. The highest BCUT2D eigenvalue weighted by Crippen LogP contribution is 2.46. The van der Waals surface area contributed by atoms with E-state index in [0.717, 1.165) is 10.4 Å².